The van der Waals surface area contributed by atoms with Crippen molar-refractivity contribution in [3.05, 3.63) is 35.6 Å². The second kappa shape index (κ2) is 4.51. The van der Waals surface area contributed by atoms with E-state index in [-0.39, 0.29) is 5.82 Å². The molecule has 0 atom stereocenters. The number of benzene rings is 1. The Morgan fingerprint density at radius 2 is 1.80 bits per heavy atom. The average molecular weight is 137 g/mol. The molecule has 1 aromatic carbocycles. The smallest absolute Gasteiger partial charge is 0.126 e. The molecule has 0 aromatic heterocycles. The first-order valence-corrected chi connectivity index (χ1v) is 2.77. The van der Waals surface area contributed by atoms with Crippen molar-refractivity contribution in [1.82, 2.24) is 0 Å². The van der Waals surface area contributed by atoms with Crippen molar-refractivity contribution >= 4 is 0 Å². The molecule has 1 nitrogen and oxygen atoms in total. The normalized spacial score (nSPS) is 7.60. The number of nitrogens with zero attached hydrogens (tertiary/aromatic N) is 1. The standard InChI is InChI=1S/C7H7F.CHN/c1-6-4-2-3-5-7(6)8;1-2/h2-5H,1H3;1H. The van der Waals surface area contributed by atoms with E-state index in [1.165, 1.54) is 6.07 Å². The Morgan fingerprint density at radius 3 is 2.10 bits per heavy atom. The maximum atomic E-state index is 12.3. The number of rotatable bonds is 0. The van der Waals surface area contributed by atoms with Crippen LogP contribution < -0.4 is 0 Å². The van der Waals surface area contributed by atoms with Crippen LogP contribution in [0.15, 0.2) is 24.3 Å². The van der Waals surface area contributed by atoms with Crippen LogP contribution >= 0.6 is 0 Å². The molecular weight excluding hydrogens is 129 g/mol. The summed E-state index contributed by atoms with van der Waals surface area (Å²) in [7, 11) is 0. The van der Waals surface area contributed by atoms with E-state index in [0.29, 0.717) is 5.56 Å². The van der Waals surface area contributed by atoms with Gasteiger partial charge in [0.15, 0.2) is 0 Å². The van der Waals surface area contributed by atoms with Crippen molar-refractivity contribution < 1.29 is 4.39 Å². The lowest BCUT2D eigenvalue weighted by Crippen LogP contribution is -1.76. The van der Waals surface area contributed by atoms with E-state index in [2.05, 4.69) is 6.57 Å². The summed E-state index contributed by atoms with van der Waals surface area (Å²) in [6.45, 7) is 5.25. The highest BCUT2D eigenvalue weighted by Crippen LogP contribution is 2.01. The van der Waals surface area contributed by atoms with Crippen LogP contribution in [-0.4, -0.2) is 0 Å². The summed E-state index contributed by atoms with van der Waals surface area (Å²) >= 11 is 0. The van der Waals surface area contributed by atoms with E-state index >= 15 is 0 Å². The number of hydrogen-bond acceptors (Lipinski definition) is 1. The molecule has 0 saturated heterocycles. The topological polar surface area (TPSA) is 23.8 Å². The molecular formula is C8H8FN. The predicted molar refractivity (Wildman–Crippen MR) is 37.8 cm³/mol. The summed E-state index contributed by atoms with van der Waals surface area (Å²) in [6, 6.07) is 6.70. The molecule has 0 amide bonds. The second-order valence-electron chi connectivity index (χ2n) is 1.75. The molecule has 0 fully saturated rings. The van der Waals surface area contributed by atoms with E-state index in [1.807, 2.05) is 6.07 Å². The van der Waals surface area contributed by atoms with E-state index in [9.17, 15) is 4.39 Å². The molecule has 0 N–H and O–H groups in total. The number of hydrogen-bond donors (Lipinski definition) is 0. The average Bonchev–Trinajstić information content (AvgIpc) is 2.00. The van der Waals surface area contributed by atoms with Crippen LogP contribution in [0.4, 0.5) is 4.39 Å². The molecule has 10 heavy (non-hydrogen) atoms. The molecule has 0 aliphatic rings. The van der Waals surface area contributed by atoms with Gasteiger partial charge in [-0.25, -0.2) is 9.65 Å². The molecule has 0 aliphatic carbocycles. The third-order valence-electron chi connectivity index (χ3n) is 1.08. The fourth-order valence-electron chi connectivity index (χ4n) is 0.551. The van der Waals surface area contributed by atoms with Crippen molar-refractivity contribution in [2.75, 3.05) is 0 Å². The Hall–Kier alpha value is -1.36. The third kappa shape index (κ3) is 2.27. The van der Waals surface area contributed by atoms with Crippen molar-refractivity contribution in [2.24, 2.45) is 0 Å². The Bertz CT molecular complexity index is 196. The second-order valence-corrected chi connectivity index (χ2v) is 1.75. The number of aryl methyl sites for hydroxylation is 1. The van der Waals surface area contributed by atoms with Gasteiger partial charge < -0.3 is 0 Å². The summed E-state index contributed by atoms with van der Waals surface area (Å²) < 4.78 is 12.3. The van der Waals surface area contributed by atoms with E-state index in [1.54, 1.807) is 19.1 Å². The van der Waals surface area contributed by atoms with Crippen LogP contribution in [0.3, 0.4) is 0 Å². The van der Waals surface area contributed by atoms with Crippen LogP contribution in [0.1, 0.15) is 5.56 Å². The van der Waals surface area contributed by atoms with Gasteiger partial charge in [-0.1, -0.05) is 18.2 Å². The first kappa shape index (κ1) is 8.64. The van der Waals surface area contributed by atoms with Crippen molar-refractivity contribution in [3.63, 3.8) is 0 Å². The van der Waals surface area contributed by atoms with Crippen molar-refractivity contribution in [2.45, 2.75) is 6.92 Å². The largest absolute Gasteiger partial charge is 0.207 e. The van der Waals surface area contributed by atoms with Crippen LogP contribution in [0.5, 0.6) is 0 Å². The fraction of sp³-hybridized carbons (Fsp3) is 0.125. The zero-order valence-corrected chi connectivity index (χ0v) is 5.71. The lowest BCUT2D eigenvalue weighted by atomic mass is 10.2. The van der Waals surface area contributed by atoms with Gasteiger partial charge in [0.25, 0.3) is 0 Å². The fourth-order valence-corrected chi connectivity index (χ4v) is 0.551. The highest BCUT2D eigenvalue weighted by atomic mass is 19.1. The Morgan fingerprint density at radius 1 is 1.30 bits per heavy atom. The molecule has 0 bridgehead atoms. The number of nitriles is 1. The van der Waals surface area contributed by atoms with Crippen LogP contribution in [0, 0.1) is 24.6 Å². The van der Waals surface area contributed by atoms with Gasteiger partial charge >= 0.3 is 0 Å². The van der Waals surface area contributed by atoms with Crippen LogP contribution in [-0.2, 0) is 0 Å². The summed E-state index contributed by atoms with van der Waals surface area (Å²) in [4.78, 5) is 0. The molecule has 0 heterocycles. The summed E-state index contributed by atoms with van der Waals surface area (Å²) in [5.41, 5.74) is 0.701. The molecule has 0 unspecified atom stereocenters. The maximum absolute atomic E-state index is 12.3. The molecule has 0 radical (unpaired) electrons. The summed E-state index contributed by atoms with van der Waals surface area (Å²) in [5.74, 6) is -0.132. The molecule has 0 aliphatic heterocycles. The highest BCUT2D eigenvalue weighted by Gasteiger charge is 1.88. The van der Waals surface area contributed by atoms with Crippen molar-refractivity contribution in [3.8, 4) is 6.57 Å². The van der Waals surface area contributed by atoms with Gasteiger partial charge in [-0.15, -0.1) is 0 Å². The van der Waals surface area contributed by atoms with Crippen molar-refractivity contribution in [1.29, 1.82) is 5.26 Å². The zero-order valence-electron chi connectivity index (χ0n) is 5.71. The quantitative estimate of drug-likeness (QED) is 0.538. The molecule has 1 aromatic rings. The van der Waals surface area contributed by atoms with E-state index in [4.69, 9.17) is 5.26 Å². The highest BCUT2D eigenvalue weighted by molar-refractivity contribution is 5.14. The van der Waals surface area contributed by atoms with E-state index < -0.39 is 0 Å². The molecule has 2 heteroatoms. The summed E-state index contributed by atoms with van der Waals surface area (Å²) in [5, 5.41) is 6.50. The zero-order chi connectivity index (χ0) is 7.98. The Balaban J connectivity index is 0.000000371. The number of halogens is 1. The monoisotopic (exact) mass is 137 g/mol. The van der Waals surface area contributed by atoms with Gasteiger partial charge in [-0.05, 0) is 18.6 Å². The van der Waals surface area contributed by atoms with E-state index in [0.717, 1.165) is 0 Å². The Labute approximate surface area is 59.7 Å². The van der Waals surface area contributed by atoms with Gasteiger partial charge in [0.2, 0.25) is 0 Å². The van der Waals surface area contributed by atoms with Crippen LogP contribution in [0.2, 0.25) is 0 Å². The molecule has 0 spiro atoms. The SMILES string of the molecule is C#N.Cc1ccccc1F. The predicted octanol–water partition coefficient (Wildman–Crippen LogP) is 2.27. The third-order valence-corrected chi connectivity index (χ3v) is 1.08. The first-order valence-electron chi connectivity index (χ1n) is 2.77. The molecule has 52 valence electrons. The molecule has 1 rings (SSSR count). The first-order chi connectivity index (χ1) is 4.80. The minimum atomic E-state index is -0.132. The van der Waals surface area contributed by atoms with Crippen LogP contribution in [0.25, 0.3) is 0 Å². The molecule has 0 saturated carbocycles. The Kier molecular flexibility index (Phi) is 3.90. The lowest BCUT2D eigenvalue weighted by Gasteiger charge is -1.89. The van der Waals surface area contributed by atoms with Gasteiger partial charge in [-0.3, -0.25) is 0 Å². The summed E-state index contributed by atoms with van der Waals surface area (Å²) in [6.07, 6.45) is 0. The minimum absolute atomic E-state index is 0.132. The van der Waals surface area contributed by atoms with Gasteiger partial charge in [0.05, 0.1) is 0 Å². The maximum Gasteiger partial charge on any atom is 0.126 e. The van der Waals surface area contributed by atoms with Gasteiger partial charge in [-0.2, -0.15) is 0 Å². The van der Waals surface area contributed by atoms with Gasteiger partial charge in [0.1, 0.15) is 5.82 Å². The lowest BCUT2D eigenvalue weighted by molar-refractivity contribution is 0.618. The minimum Gasteiger partial charge on any atom is -0.207 e. The van der Waals surface area contributed by atoms with Gasteiger partial charge in [0, 0.05) is 6.57 Å².